The van der Waals surface area contributed by atoms with Gasteiger partial charge in [-0.25, -0.2) is 4.79 Å². The van der Waals surface area contributed by atoms with Gasteiger partial charge in [-0.3, -0.25) is 4.79 Å². The Labute approximate surface area is 113 Å². The molecule has 0 aromatic heterocycles. The van der Waals surface area contributed by atoms with Gasteiger partial charge < -0.3 is 10.1 Å². The molecule has 1 aromatic carbocycles. The van der Waals surface area contributed by atoms with Crippen LogP contribution in [0.1, 0.15) is 36.2 Å². The fourth-order valence-corrected chi connectivity index (χ4v) is 1.58. The van der Waals surface area contributed by atoms with Gasteiger partial charge in [0.25, 0.3) is 0 Å². The van der Waals surface area contributed by atoms with E-state index in [4.69, 9.17) is 11.2 Å². The Kier molecular flexibility index (Phi) is 5.13. The van der Waals surface area contributed by atoms with Crippen molar-refractivity contribution in [2.24, 2.45) is 0 Å². The summed E-state index contributed by atoms with van der Waals surface area (Å²) in [6.45, 7) is 4.96. The minimum Gasteiger partial charge on any atom is -0.458 e. The predicted molar refractivity (Wildman–Crippen MR) is 73.8 cm³/mol. The second-order valence-corrected chi connectivity index (χ2v) is 4.34. The van der Waals surface area contributed by atoms with E-state index in [9.17, 15) is 9.59 Å². The number of benzene rings is 1. The largest absolute Gasteiger partial charge is 0.458 e. The van der Waals surface area contributed by atoms with Crippen molar-refractivity contribution >= 4 is 17.6 Å². The molecule has 4 nitrogen and oxygen atoms in total. The number of ether oxygens (including phenoxy) is 1. The summed E-state index contributed by atoms with van der Waals surface area (Å²) in [6, 6.07) is 5.09. The molecule has 0 bridgehead atoms. The van der Waals surface area contributed by atoms with Crippen LogP contribution < -0.4 is 5.32 Å². The minimum absolute atomic E-state index is 0.191. The standard InChI is InChI=1S/C15H17NO3/c1-5-6-11(3)19-15(18)14-9-13(16-12(4)17)8-7-10(14)2/h1,7-9,11H,6H2,2-4H3,(H,16,17)/t11-/m0/s1. The lowest BCUT2D eigenvalue weighted by molar-refractivity contribution is -0.114. The van der Waals surface area contributed by atoms with Crippen LogP contribution in [0.4, 0.5) is 5.69 Å². The van der Waals surface area contributed by atoms with Crippen LogP contribution in [-0.4, -0.2) is 18.0 Å². The monoisotopic (exact) mass is 259 g/mol. The molecule has 1 atom stereocenters. The molecule has 1 aromatic rings. The van der Waals surface area contributed by atoms with Gasteiger partial charge >= 0.3 is 5.97 Å². The summed E-state index contributed by atoms with van der Waals surface area (Å²) in [5.74, 6) is 1.81. The fraction of sp³-hybridized carbons (Fsp3) is 0.333. The molecular formula is C15H17NO3. The number of carbonyl (C=O) groups is 2. The molecule has 0 radical (unpaired) electrons. The van der Waals surface area contributed by atoms with Crippen molar-refractivity contribution in [2.75, 3.05) is 5.32 Å². The molecular weight excluding hydrogens is 242 g/mol. The Morgan fingerprint density at radius 2 is 2.16 bits per heavy atom. The Hall–Kier alpha value is -2.28. The van der Waals surface area contributed by atoms with Crippen LogP contribution in [0.5, 0.6) is 0 Å². The van der Waals surface area contributed by atoms with Gasteiger partial charge in [-0.15, -0.1) is 12.3 Å². The van der Waals surface area contributed by atoms with Crippen LogP contribution in [0.25, 0.3) is 0 Å². The van der Waals surface area contributed by atoms with Crippen molar-refractivity contribution in [2.45, 2.75) is 33.3 Å². The Morgan fingerprint density at radius 1 is 1.47 bits per heavy atom. The normalized spacial score (nSPS) is 11.3. The Bertz CT molecular complexity index is 529. The van der Waals surface area contributed by atoms with Crippen molar-refractivity contribution in [3.05, 3.63) is 29.3 Å². The third kappa shape index (κ3) is 4.47. The van der Waals surface area contributed by atoms with Crippen molar-refractivity contribution in [3.8, 4) is 12.3 Å². The number of hydrogen-bond acceptors (Lipinski definition) is 3. The SMILES string of the molecule is C#CC[C@H](C)OC(=O)c1cc(NC(C)=O)ccc1C. The van der Waals surface area contributed by atoms with Crippen molar-refractivity contribution in [1.82, 2.24) is 0 Å². The van der Waals surface area contributed by atoms with E-state index in [1.54, 1.807) is 32.0 Å². The smallest absolute Gasteiger partial charge is 0.338 e. The van der Waals surface area contributed by atoms with Crippen molar-refractivity contribution in [1.29, 1.82) is 0 Å². The highest BCUT2D eigenvalue weighted by Crippen LogP contribution is 2.17. The summed E-state index contributed by atoms with van der Waals surface area (Å²) in [5.41, 5.74) is 1.77. The lowest BCUT2D eigenvalue weighted by Crippen LogP contribution is -2.16. The van der Waals surface area contributed by atoms with Crippen LogP contribution in [-0.2, 0) is 9.53 Å². The molecule has 1 rings (SSSR count). The molecule has 0 spiro atoms. The third-order valence-electron chi connectivity index (χ3n) is 2.49. The first-order valence-corrected chi connectivity index (χ1v) is 5.96. The van der Waals surface area contributed by atoms with Crippen LogP contribution in [0.15, 0.2) is 18.2 Å². The summed E-state index contributed by atoms with van der Waals surface area (Å²) in [4.78, 5) is 23.0. The van der Waals surface area contributed by atoms with Gasteiger partial charge in [0.15, 0.2) is 0 Å². The maximum absolute atomic E-state index is 12.0. The lowest BCUT2D eigenvalue weighted by atomic mass is 10.1. The van der Waals surface area contributed by atoms with Gasteiger partial charge in [-0.2, -0.15) is 0 Å². The summed E-state index contributed by atoms with van der Waals surface area (Å²) in [5, 5.41) is 2.63. The molecule has 0 heterocycles. The average molecular weight is 259 g/mol. The van der Waals surface area contributed by atoms with Crippen LogP contribution >= 0.6 is 0 Å². The molecule has 0 saturated heterocycles. The molecule has 19 heavy (non-hydrogen) atoms. The van der Waals surface area contributed by atoms with Crippen LogP contribution in [0.3, 0.4) is 0 Å². The first-order chi connectivity index (χ1) is 8.93. The van der Waals surface area contributed by atoms with Crippen molar-refractivity contribution < 1.29 is 14.3 Å². The van der Waals surface area contributed by atoms with E-state index in [2.05, 4.69) is 11.2 Å². The second-order valence-electron chi connectivity index (χ2n) is 4.34. The van der Waals surface area contributed by atoms with Crippen LogP contribution in [0.2, 0.25) is 0 Å². The van der Waals surface area contributed by atoms with Gasteiger partial charge in [0, 0.05) is 19.0 Å². The van der Waals surface area contributed by atoms with E-state index in [1.807, 2.05) is 0 Å². The first kappa shape index (κ1) is 14.8. The number of terminal acetylenes is 1. The summed E-state index contributed by atoms with van der Waals surface area (Å²) >= 11 is 0. The van der Waals surface area contributed by atoms with Gasteiger partial charge in [0.2, 0.25) is 5.91 Å². The number of anilines is 1. The van der Waals surface area contributed by atoms with Gasteiger partial charge in [0.05, 0.1) is 5.56 Å². The predicted octanol–water partition coefficient (Wildman–Crippen LogP) is 2.52. The number of hydrogen-bond donors (Lipinski definition) is 1. The van der Waals surface area contributed by atoms with E-state index >= 15 is 0 Å². The summed E-state index contributed by atoms with van der Waals surface area (Å²) in [6.07, 6.45) is 5.20. The molecule has 1 amide bonds. The average Bonchev–Trinajstić information content (AvgIpc) is 2.31. The van der Waals surface area contributed by atoms with Gasteiger partial charge in [-0.1, -0.05) is 6.07 Å². The zero-order chi connectivity index (χ0) is 14.4. The summed E-state index contributed by atoms with van der Waals surface area (Å²) < 4.78 is 5.22. The molecule has 0 unspecified atom stereocenters. The second kappa shape index (κ2) is 6.60. The minimum atomic E-state index is -0.438. The number of esters is 1. The maximum atomic E-state index is 12.0. The topological polar surface area (TPSA) is 55.4 Å². The number of nitrogens with one attached hydrogen (secondary N) is 1. The molecule has 0 fully saturated rings. The zero-order valence-electron chi connectivity index (χ0n) is 11.3. The highest BCUT2D eigenvalue weighted by molar-refractivity contribution is 5.94. The molecule has 4 heteroatoms. The Balaban J connectivity index is 2.89. The number of aryl methyl sites for hydroxylation is 1. The lowest BCUT2D eigenvalue weighted by Gasteiger charge is -2.13. The fourth-order valence-electron chi connectivity index (χ4n) is 1.58. The molecule has 0 aliphatic carbocycles. The third-order valence-corrected chi connectivity index (χ3v) is 2.49. The molecule has 1 N–H and O–H groups in total. The van der Waals surface area contributed by atoms with Crippen molar-refractivity contribution in [3.63, 3.8) is 0 Å². The molecule has 0 aliphatic heterocycles. The summed E-state index contributed by atoms with van der Waals surface area (Å²) in [7, 11) is 0. The quantitative estimate of drug-likeness (QED) is 0.667. The van der Waals surface area contributed by atoms with E-state index < -0.39 is 5.97 Å². The number of amides is 1. The first-order valence-electron chi connectivity index (χ1n) is 5.96. The molecule has 100 valence electrons. The maximum Gasteiger partial charge on any atom is 0.338 e. The van der Waals surface area contributed by atoms with E-state index in [1.165, 1.54) is 6.92 Å². The van der Waals surface area contributed by atoms with E-state index in [0.29, 0.717) is 17.7 Å². The Morgan fingerprint density at radius 3 is 2.74 bits per heavy atom. The van der Waals surface area contributed by atoms with Gasteiger partial charge in [0.1, 0.15) is 6.10 Å². The molecule has 0 aliphatic rings. The van der Waals surface area contributed by atoms with E-state index in [-0.39, 0.29) is 12.0 Å². The number of carbonyl (C=O) groups excluding carboxylic acids is 2. The highest BCUT2D eigenvalue weighted by Gasteiger charge is 2.14. The molecule has 0 saturated carbocycles. The van der Waals surface area contributed by atoms with Gasteiger partial charge in [-0.05, 0) is 31.5 Å². The zero-order valence-corrected chi connectivity index (χ0v) is 11.3. The number of rotatable bonds is 4. The van der Waals surface area contributed by atoms with E-state index in [0.717, 1.165) is 5.56 Å². The van der Waals surface area contributed by atoms with Crippen LogP contribution in [0, 0.1) is 19.3 Å². The highest BCUT2D eigenvalue weighted by atomic mass is 16.5.